The maximum Gasteiger partial charge on any atom is 0.503 e. The van der Waals surface area contributed by atoms with Gasteiger partial charge in [0.15, 0.2) is 0 Å². The Kier molecular flexibility index (Phi) is 18.2. The Morgan fingerprint density at radius 1 is 0.857 bits per heavy atom. The van der Waals surface area contributed by atoms with E-state index in [2.05, 4.69) is 0 Å². The van der Waals surface area contributed by atoms with Crippen LogP contribution in [0.1, 0.15) is 0 Å². The van der Waals surface area contributed by atoms with Crippen molar-refractivity contribution in [3.8, 4) is 0 Å². The van der Waals surface area contributed by atoms with E-state index in [0.717, 1.165) is 0 Å². The number of hydrogen-bond acceptors (Lipinski definition) is 5. The van der Waals surface area contributed by atoms with Crippen LogP contribution in [0, 0.1) is 0 Å². The Bertz CT molecular complexity index is 120. The lowest BCUT2D eigenvalue weighted by Crippen LogP contribution is -2.15. The Morgan fingerprint density at radius 3 is 1.00 bits per heavy atom. The summed E-state index contributed by atoms with van der Waals surface area (Å²) in [5.41, 5.74) is 0. The molecular weight excluding hydrogens is 204 g/mol. The number of aliphatic hydroxyl groups is 3. The fourth-order valence-corrected chi connectivity index (χ4v) is 0.0577. The topological polar surface area (TPSA) is 176 Å². The number of carbonyl (C=O) groups is 2. The first-order valence-electron chi connectivity index (χ1n) is 3.01. The summed E-state index contributed by atoms with van der Waals surface area (Å²) in [5.74, 6) is 0. The summed E-state index contributed by atoms with van der Waals surface area (Å²) in [7, 11) is 0. The molecule has 0 saturated heterocycles. The number of rotatable bonds is 2. The van der Waals surface area contributed by atoms with Crippen LogP contribution in [0.3, 0.4) is 0 Å². The van der Waals surface area contributed by atoms with Gasteiger partial charge in [0.25, 0.3) is 0 Å². The van der Waals surface area contributed by atoms with Gasteiger partial charge in [-0.3, -0.25) is 0 Å². The van der Waals surface area contributed by atoms with Crippen LogP contribution in [0.25, 0.3) is 0 Å². The second-order valence-electron chi connectivity index (χ2n) is 1.58. The summed E-state index contributed by atoms with van der Waals surface area (Å²) in [5, 5.41) is 51.9. The molecule has 86 valence electrons. The van der Waals surface area contributed by atoms with Crippen LogP contribution < -0.4 is 0 Å². The zero-order valence-corrected chi connectivity index (χ0v) is 6.94. The van der Waals surface area contributed by atoms with E-state index in [0.29, 0.717) is 0 Å². The zero-order chi connectivity index (χ0) is 12.1. The SMILES string of the molecule is O=C(O)O.O=C(O)O.OCC(O)CO. The lowest BCUT2D eigenvalue weighted by Gasteiger charge is -1.96. The molecule has 0 aliphatic carbocycles. The smallest absolute Gasteiger partial charge is 0.450 e. The van der Waals surface area contributed by atoms with Crippen molar-refractivity contribution in [3.05, 3.63) is 0 Å². The number of aliphatic hydroxyl groups excluding tert-OH is 3. The average Bonchev–Trinajstić information content (AvgIpc) is 2.01. The second kappa shape index (κ2) is 14.0. The summed E-state index contributed by atoms with van der Waals surface area (Å²) in [6.07, 6.45) is -4.62. The average molecular weight is 216 g/mol. The number of carboxylic acid groups (broad SMARTS) is 4. The van der Waals surface area contributed by atoms with E-state index in [4.69, 9.17) is 45.3 Å². The van der Waals surface area contributed by atoms with Crippen LogP contribution >= 0.6 is 0 Å². The first kappa shape index (κ1) is 18.3. The van der Waals surface area contributed by atoms with Gasteiger partial charge >= 0.3 is 12.3 Å². The lowest BCUT2D eigenvalue weighted by molar-refractivity contribution is 0.0450. The molecule has 0 radical (unpaired) electrons. The van der Waals surface area contributed by atoms with Crippen LogP contribution in [-0.2, 0) is 0 Å². The van der Waals surface area contributed by atoms with Gasteiger partial charge in [0.1, 0.15) is 6.10 Å². The van der Waals surface area contributed by atoms with Crippen molar-refractivity contribution in [3.63, 3.8) is 0 Å². The van der Waals surface area contributed by atoms with Crippen LogP contribution in [0.4, 0.5) is 9.59 Å². The highest BCUT2D eigenvalue weighted by atomic mass is 16.6. The van der Waals surface area contributed by atoms with E-state index < -0.39 is 18.4 Å². The van der Waals surface area contributed by atoms with E-state index in [1.807, 2.05) is 0 Å². The van der Waals surface area contributed by atoms with Gasteiger partial charge in [0, 0.05) is 0 Å². The van der Waals surface area contributed by atoms with Gasteiger partial charge in [-0.25, -0.2) is 9.59 Å². The monoisotopic (exact) mass is 216 g/mol. The van der Waals surface area contributed by atoms with Gasteiger partial charge in [-0.2, -0.15) is 0 Å². The highest BCUT2D eigenvalue weighted by Gasteiger charge is 1.93. The molecule has 9 heteroatoms. The highest BCUT2D eigenvalue weighted by molar-refractivity contribution is 5.53. The van der Waals surface area contributed by atoms with Gasteiger partial charge in [0.2, 0.25) is 0 Å². The molecule has 0 rings (SSSR count). The molecule has 0 aliphatic rings. The maximum absolute atomic E-state index is 8.56. The quantitative estimate of drug-likeness (QED) is 0.298. The minimum atomic E-state index is -1.83. The van der Waals surface area contributed by atoms with Crippen molar-refractivity contribution in [2.45, 2.75) is 6.10 Å². The molecule has 0 aromatic heterocycles. The molecule has 14 heavy (non-hydrogen) atoms. The standard InChI is InChI=1S/C3H8O3.2CH2O3/c4-1-3(6)2-5;2*2-1(3)4/h3-6H,1-2H2;2*(H2,2,3,4). The Labute approximate surface area is 78.1 Å². The summed E-state index contributed by atoms with van der Waals surface area (Å²) in [6, 6.07) is 0. The minimum absolute atomic E-state index is 0.365. The predicted octanol–water partition coefficient (Wildman–Crippen LogP) is -1.22. The fraction of sp³-hybridized carbons (Fsp3) is 0.600. The molecule has 0 amide bonds. The van der Waals surface area contributed by atoms with Gasteiger partial charge < -0.3 is 35.7 Å². The van der Waals surface area contributed by atoms with Crippen molar-refractivity contribution in [2.75, 3.05) is 13.2 Å². The third-order valence-corrected chi connectivity index (χ3v) is 0.421. The first-order valence-corrected chi connectivity index (χ1v) is 3.01. The molecule has 0 unspecified atom stereocenters. The molecule has 0 saturated carbocycles. The van der Waals surface area contributed by atoms with Crippen molar-refractivity contribution in [1.29, 1.82) is 0 Å². The Balaban J connectivity index is -0.000000135. The Morgan fingerprint density at radius 2 is 1.00 bits per heavy atom. The highest BCUT2D eigenvalue weighted by Crippen LogP contribution is 1.71. The zero-order valence-electron chi connectivity index (χ0n) is 6.94. The predicted molar refractivity (Wildman–Crippen MR) is 41.5 cm³/mol. The third-order valence-electron chi connectivity index (χ3n) is 0.421. The molecular formula is C5H12O9. The third kappa shape index (κ3) is 158. The fourth-order valence-electron chi connectivity index (χ4n) is 0.0577. The van der Waals surface area contributed by atoms with Crippen molar-refractivity contribution in [1.82, 2.24) is 0 Å². The first-order chi connectivity index (χ1) is 6.27. The lowest BCUT2D eigenvalue weighted by atomic mass is 10.4. The van der Waals surface area contributed by atoms with E-state index >= 15 is 0 Å². The summed E-state index contributed by atoms with van der Waals surface area (Å²) in [6.45, 7) is -0.729. The normalized spacial score (nSPS) is 7.71. The molecule has 0 aromatic carbocycles. The van der Waals surface area contributed by atoms with Gasteiger partial charge in [-0.1, -0.05) is 0 Å². The van der Waals surface area contributed by atoms with Crippen molar-refractivity contribution >= 4 is 12.3 Å². The molecule has 0 aromatic rings. The molecule has 9 nitrogen and oxygen atoms in total. The number of hydrogen-bond donors (Lipinski definition) is 7. The van der Waals surface area contributed by atoms with Crippen LogP contribution in [0.2, 0.25) is 0 Å². The molecule has 7 N–H and O–H groups in total. The van der Waals surface area contributed by atoms with Crippen molar-refractivity contribution < 1.29 is 45.3 Å². The van der Waals surface area contributed by atoms with Gasteiger partial charge in [-0.15, -0.1) is 0 Å². The molecule has 0 spiro atoms. The maximum atomic E-state index is 8.56. The van der Waals surface area contributed by atoms with Gasteiger partial charge in [0.05, 0.1) is 13.2 Å². The van der Waals surface area contributed by atoms with E-state index in [1.165, 1.54) is 0 Å². The second-order valence-corrected chi connectivity index (χ2v) is 1.58. The van der Waals surface area contributed by atoms with E-state index in [1.54, 1.807) is 0 Å². The van der Waals surface area contributed by atoms with Crippen LogP contribution in [0.15, 0.2) is 0 Å². The van der Waals surface area contributed by atoms with Crippen molar-refractivity contribution in [2.24, 2.45) is 0 Å². The molecule has 0 aliphatic heterocycles. The van der Waals surface area contributed by atoms with E-state index in [-0.39, 0.29) is 13.2 Å². The molecule has 0 atom stereocenters. The van der Waals surface area contributed by atoms with E-state index in [9.17, 15) is 0 Å². The summed E-state index contributed by atoms with van der Waals surface area (Å²) < 4.78 is 0. The van der Waals surface area contributed by atoms with Crippen LogP contribution in [-0.4, -0.2) is 67.4 Å². The van der Waals surface area contributed by atoms with Crippen LogP contribution in [0.5, 0.6) is 0 Å². The summed E-state index contributed by atoms with van der Waals surface area (Å²) >= 11 is 0. The Hall–Kier alpha value is -1.58. The minimum Gasteiger partial charge on any atom is -0.450 e. The summed E-state index contributed by atoms with van der Waals surface area (Å²) in [4.78, 5) is 17.1. The van der Waals surface area contributed by atoms with Gasteiger partial charge in [-0.05, 0) is 0 Å². The molecule has 0 bridgehead atoms. The molecule has 0 heterocycles. The molecule has 0 fully saturated rings. The largest absolute Gasteiger partial charge is 0.503 e.